The van der Waals surface area contributed by atoms with Crippen LogP contribution >= 0.6 is 0 Å². The summed E-state index contributed by atoms with van der Waals surface area (Å²) in [6, 6.07) is 10.6. The van der Waals surface area contributed by atoms with Gasteiger partial charge in [0, 0.05) is 25.0 Å². The van der Waals surface area contributed by atoms with Crippen LogP contribution in [-0.4, -0.2) is 29.9 Å². The van der Waals surface area contributed by atoms with Gasteiger partial charge in [-0.25, -0.2) is 8.78 Å². The second kappa shape index (κ2) is 5.26. The van der Waals surface area contributed by atoms with Gasteiger partial charge in [-0.15, -0.1) is 0 Å². The van der Waals surface area contributed by atoms with E-state index in [-0.39, 0.29) is 17.1 Å². The van der Waals surface area contributed by atoms with E-state index in [0.29, 0.717) is 16.5 Å². The van der Waals surface area contributed by atoms with Gasteiger partial charge in [-0.1, -0.05) is 24.3 Å². The fraction of sp³-hybridized carbons (Fsp3) is 0.118. The van der Waals surface area contributed by atoms with Gasteiger partial charge in [0.25, 0.3) is 5.91 Å². The maximum atomic E-state index is 14.0. The van der Waals surface area contributed by atoms with Crippen LogP contribution in [0.25, 0.3) is 22.0 Å². The highest BCUT2D eigenvalue weighted by Gasteiger charge is 2.17. The summed E-state index contributed by atoms with van der Waals surface area (Å²) >= 11 is 0. The molecular weight excluding hydrogens is 286 g/mol. The van der Waals surface area contributed by atoms with Crippen molar-refractivity contribution in [1.82, 2.24) is 9.88 Å². The number of hydrogen-bond acceptors (Lipinski definition) is 1. The quantitative estimate of drug-likeness (QED) is 0.767. The van der Waals surface area contributed by atoms with Crippen LogP contribution < -0.4 is 0 Å². The molecule has 0 saturated heterocycles. The monoisotopic (exact) mass is 300 g/mol. The zero-order valence-corrected chi connectivity index (χ0v) is 12.2. The van der Waals surface area contributed by atoms with Crippen molar-refractivity contribution in [3.63, 3.8) is 0 Å². The predicted molar refractivity (Wildman–Crippen MR) is 81.7 cm³/mol. The van der Waals surface area contributed by atoms with Gasteiger partial charge in [-0.3, -0.25) is 4.79 Å². The third-order valence-electron chi connectivity index (χ3n) is 3.54. The molecule has 0 aliphatic rings. The van der Waals surface area contributed by atoms with E-state index in [2.05, 4.69) is 4.98 Å². The second-order valence-corrected chi connectivity index (χ2v) is 5.25. The minimum absolute atomic E-state index is 0.200. The Balaban J connectivity index is 2.27. The summed E-state index contributed by atoms with van der Waals surface area (Å²) in [5, 5.41) is 0.482. The molecule has 3 aromatic rings. The van der Waals surface area contributed by atoms with Crippen LogP contribution in [0.3, 0.4) is 0 Å². The lowest BCUT2D eigenvalue weighted by atomic mass is 10.0. The van der Waals surface area contributed by atoms with Crippen LogP contribution in [-0.2, 0) is 0 Å². The summed E-state index contributed by atoms with van der Waals surface area (Å²) in [6.07, 6.45) is 0. The van der Waals surface area contributed by atoms with Gasteiger partial charge >= 0.3 is 0 Å². The van der Waals surface area contributed by atoms with E-state index in [9.17, 15) is 13.6 Å². The van der Waals surface area contributed by atoms with Crippen LogP contribution in [0.2, 0.25) is 0 Å². The molecular formula is C17H14F2N2O. The first kappa shape index (κ1) is 14.3. The molecule has 2 aromatic carbocycles. The number of nitrogens with zero attached hydrogens (tertiary/aromatic N) is 1. The number of aromatic amines is 1. The standard InChI is InChI=1S/C17H14F2N2O/c1-21(2)17(22)15-9-12-10(7-8-14(19)16(12)20-15)11-5-3-4-6-13(11)18/h3-9,20H,1-2H3. The molecule has 1 amide bonds. The van der Waals surface area contributed by atoms with Crippen LogP contribution in [0.4, 0.5) is 8.78 Å². The fourth-order valence-corrected chi connectivity index (χ4v) is 2.46. The smallest absolute Gasteiger partial charge is 0.269 e. The van der Waals surface area contributed by atoms with Crippen molar-refractivity contribution >= 4 is 16.8 Å². The number of amides is 1. The first-order chi connectivity index (χ1) is 10.5. The van der Waals surface area contributed by atoms with Crippen LogP contribution in [0.15, 0.2) is 42.5 Å². The van der Waals surface area contributed by atoms with Gasteiger partial charge in [0.05, 0.1) is 5.52 Å². The Morgan fingerprint density at radius 3 is 2.41 bits per heavy atom. The van der Waals surface area contributed by atoms with Crippen molar-refractivity contribution in [2.45, 2.75) is 0 Å². The Hall–Kier alpha value is -2.69. The summed E-state index contributed by atoms with van der Waals surface area (Å²) < 4.78 is 28.0. The first-order valence-electron chi connectivity index (χ1n) is 6.77. The van der Waals surface area contributed by atoms with Gasteiger partial charge in [-0.05, 0) is 23.8 Å². The van der Waals surface area contributed by atoms with Gasteiger partial charge in [-0.2, -0.15) is 0 Å². The molecule has 0 aliphatic carbocycles. The summed E-state index contributed by atoms with van der Waals surface area (Å²) in [7, 11) is 3.23. The molecule has 5 heteroatoms. The van der Waals surface area contributed by atoms with E-state index in [1.54, 1.807) is 38.4 Å². The molecule has 1 heterocycles. The lowest BCUT2D eigenvalue weighted by molar-refractivity contribution is 0.0823. The molecule has 0 saturated carbocycles. The number of carbonyl (C=O) groups is 1. The molecule has 0 fully saturated rings. The largest absolute Gasteiger partial charge is 0.348 e. The first-order valence-corrected chi connectivity index (χ1v) is 6.77. The molecule has 1 aromatic heterocycles. The van der Waals surface area contributed by atoms with Crippen molar-refractivity contribution in [1.29, 1.82) is 0 Å². The maximum Gasteiger partial charge on any atom is 0.269 e. The highest BCUT2D eigenvalue weighted by Crippen LogP contribution is 2.32. The summed E-state index contributed by atoms with van der Waals surface area (Å²) in [4.78, 5) is 16.2. The van der Waals surface area contributed by atoms with E-state index in [1.807, 2.05) is 0 Å². The average Bonchev–Trinajstić information content (AvgIpc) is 2.94. The minimum Gasteiger partial charge on any atom is -0.348 e. The van der Waals surface area contributed by atoms with Gasteiger partial charge in [0.1, 0.15) is 17.3 Å². The van der Waals surface area contributed by atoms with Gasteiger partial charge < -0.3 is 9.88 Å². The molecule has 3 nitrogen and oxygen atoms in total. The van der Waals surface area contributed by atoms with Gasteiger partial charge in [0.15, 0.2) is 0 Å². The second-order valence-electron chi connectivity index (χ2n) is 5.25. The van der Waals surface area contributed by atoms with Crippen molar-refractivity contribution < 1.29 is 13.6 Å². The third kappa shape index (κ3) is 2.24. The lowest BCUT2D eigenvalue weighted by Gasteiger charge is -2.07. The normalized spacial score (nSPS) is 10.9. The number of carbonyl (C=O) groups excluding carboxylic acids is 1. The lowest BCUT2D eigenvalue weighted by Crippen LogP contribution is -2.21. The molecule has 0 aliphatic heterocycles. The topological polar surface area (TPSA) is 36.1 Å². The highest BCUT2D eigenvalue weighted by molar-refractivity contribution is 6.03. The fourth-order valence-electron chi connectivity index (χ4n) is 2.46. The number of hydrogen-bond donors (Lipinski definition) is 1. The molecule has 3 rings (SSSR count). The van der Waals surface area contributed by atoms with Crippen LogP contribution in [0.5, 0.6) is 0 Å². The van der Waals surface area contributed by atoms with Crippen LogP contribution in [0.1, 0.15) is 10.5 Å². The Labute approximate surface area is 126 Å². The Morgan fingerprint density at radius 2 is 1.73 bits per heavy atom. The van der Waals surface area contributed by atoms with E-state index in [1.165, 1.54) is 23.1 Å². The Kier molecular flexibility index (Phi) is 3.41. The number of rotatable bonds is 2. The third-order valence-corrected chi connectivity index (χ3v) is 3.54. The van der Waals surface area contributed by atoms with E-state index in [0.717, 1.165) is 0 Å². The van der Waals surface area contributed by atoms with E-state index in [4.69, 9.17) is 0 Å². The van der Waals surface area contributed by atoms with Crippen molar-refractivity contribution in [2.75, 3.05) is 14.1 Å². The zero-order valence-electron chi connectivity index (χ0n) is 12.2. The molecule has 0 atom stereocenters. The van der Waals surface area contributed by atoms with Crippen molar-refractivity contribution in [3.8, 4) is 11.1 Å². The van der Waals surface area contributed by atoms with E-state index >= 15 is 0 Å². The summed E-state index contributed by atoms with van der Waals surface area (Å²) in [5.41, 5.74) is 1.38. The average molecular weight is 300 g/mol. The van der Waals surface area contributed by atoms with Gasteiger partial charge in [0.2, 0.25) is 0 Å². The molecule has 0 bridgehead atoms. The van der Waals surface area contributed by atoms with E-state index < -0.39 is 11.6 Å². The highest BCUT2D eigenvalue weighted by atomic mass is 19.1. The molecule has 1 N–H and O–H groups in total. The minimum atomic E-state index is -0.479. The SMILES string of the molecule is CN(C)C(=O)c1cc2c(-c3ccccc3F)ccc(F)c2[nH]1. The summed E-state index contributed by atoms with van der Waals surface area (Å²) in [5.74, 6) is -1.14. The Morgan fingerprint density at radius 1 is 1.00 bits per heavy atom. The molecule has 112 valence electrons. The molecule has 22 heavy (non-hydrogen) atoms. The van der Waals surface area contributed by atoms with Crippen LogP contribution in [0, 0.1) is 11.6 Å². The number of H-pyrrole nitrogens is 1. The number of halogens is 2. The van der Waals surface area contributed by atoms with Crippen molar-refractivity contribution in [2.24, 2.45) is 0 Å². The Bertz CT molecular complexity index is 868. The number of aromatic nitrogens is 1. The number of nitrogens with one attached hydrogen (secondary N) is 1. The molecule has 0 radical (unpaired) electrons. The van der Waals surface area contributed by atoms with Crippen molar-refractivity contribution in [3.05, 3.63) is 59.8 Å². The number of benzene rings is 2. The molecule has 0 spiro atoms. The number of fused-ring (bicyclic) bond motifs is 1. The summed E-state index contributed by atoms with van der Waals surface area (Å²) in [6.45, 7) is 0. The molecule has 0 unspecified atom stereocenters. The zero-order chi connectivity index (χ0) is 15.9. The predicted octanol–water partition coefficient (Wildman–Crippen LogP) is 3.81. The maximum absolute atomic E-state index is 14.0.